The second-order valence-corrected chi connectivity index (χ2v) is 9.70. The third-order valence-electron chi connectivity index (χ3n) is 7.16. The van der Waals surface area contributed by atoms with E-state index in [1.165, 1.54) is 0 Å². The van der Waals surface area contributed by atoms with Crippen LogP contribution in [0.1, 0.15) is 42.9 Å². The van der Waals surface area contributed by atoms with Gasteiger partial charge >= 0.3 is 12.1 Å². The van der Waals surface area contributed by atoms with Crippen LogP contribution in [0.3, 0.4) is 0 Å². The lowest BCUT2D eigenvalue weighted by molar-refractivity contribution is -0.138. The molecule has 2 N–H and O–H groups in total. The number of halogens is 1. The van der Waals surface area contributed by atoms with Crippen molar-refractivity contribution in [2.24, 2.45) is 0 Å². The summed E-state index contributed by atoms with van der Waals surface area (Å²) in [6.45, 7) is 4.06. The van der Waals surface area contributed by atoms with Crippen molar-refractivity contribution in [1.82, 2.24) is 15.1 Å². The van der Waals surface area contributed by atoms with Gasteiger partial charge in [-0.15, -0.1) is 12.4 Å². The number of rotatable bonds is 9. The van der Waals surface area contributed by atoms with Crippen LogP contribution in [-0.2, 0) is 37.8 Å². The number of likely N-dealkylation sites (tertiary alicyclic amines) is 1. The van der Waals surface area contributed by atoms with Crippen molar-refractivity contribution in [3.63, 3.8) is 0 Å². The van der Waals surface area contributed by atoms with Crippen molar-refractivity contribution in [2.75, 3.05) is 32.8 Å². The first-order valence-electron chi connectivity index (χ1n) is 12.8. The lowest BCUT2D eigenvalue weighted by Crippen LogP contribution is -2.60. The molecule has 0 aliphatic carbocycles. The van der Waals surface area contributed by atoms with Gasteiger partial charge in [0.05, 0.1) is 12.5 Å². The van der Waals surface area contributed by atoms with Gasteiger partial charge in [0.25, 0.3) is 0 Å². The molecular weight excluding hydrogens is 510 g/mol. The molecule has 206 valence electrons. The van der Waals surface area contributed by atoms with Crippen LogP contribution < -0.4 is 5.32 Å². The number of hydrogen-bond donors (Lipinski definition) is 2. The van der Waals surface area contributed by atoms with Crippen molar-refractivity contribution >= 4 is 30.4 Å². The normalized spacial score (nSPS) is 19.7. The van der Waals surface area contributed by atoms with E-state index in [1.54, 1.807) is 4.90 Å². The van der Waals surface area contributed by atoms with Gasteiger partial charge in [-0.1, -0.05) is 54.6 Å². The number of carbonyl (C=O) groups is 3. The zero-order chi connectivity index (χ0) is 26.3. The number of amides is 2. The van der Waals surface area contributed by atoms with Gasteiger partial charge < -0.3 is 24.8 Å². The lowest BCUT2D eigenvalue weighted by atomic mass is 9.88. The topological polar surface area (TPSA) is 108 Å². The van der Waals surface area contributed by atoms with Crippen molar-refractivity contribution in [3.05, 3.63) is 71.3 Å². The summed E-state index contributed by atoms with van der Waals surface area (Å²) in [5.74, 6) is -1.13. The first-order chi connectivity index (χ1) is 17.8. The molecule has 2 amide bonds. The summed E-state index contributed by atoms with van der Waals surface area (Å²) < 4.78 is 11.3. The highest BCUT2D eigenvalue weighted by Crippen LogP contribution is 2.33. The first-order valence-corrected chi connectivity index (χ1v) is 12.8. The third-order valence-corrected chi connectivity index (χ3v) is 7.16. The third kappa shape index (κ3) is 7.46. The molecule has 2 aromatic carbocycles. The summed E-state index contributed by atoms with van der Waals surface area (Å²) in [6, 6.07) is 17.5. The van der Waals surface area contributed by atoms with E-state index in [0.717, 1.165) is 23.1 Å². The molecule has 10 heteroatoms. The van der Waals surface area contributed by atoms with Gasteiger partial charge in [0.2, 0.25) is 5.91 Å². The predicted octanol–water partition coefficient (Wildman–Crippen LogP) is 3.55. The maximum atomic E-state index is 13.0. The fourth-order valence-electron chi connectivity index (χ4n) is 5.09. The van der Waals surface area contributed by atoms with Gasteiger partial charge in [0, 0.05) is 26.2 Å². The van der Waals surface area contributed by atoms with Crippen LogP contribution in [0, 0.1) is 0 Å². The lowest BCUT2D eigenvalue weighted by Gasteiger charge is -2.46. The minimum Gasteiger partial charge on any atom is -0.481 e. The molecule has 1 unspecified atom stereocenters. The Bertz CT molecular complexity index is 1090. The molecule has 2 aliphatic rings. The van der Waals surface area contributed by atoms with E-state index in [2.05, 4.69) is 5.32 Å². The number of nitrogens with zero attached hydrogens (tertiary/aromatic N) is 2. The molecular formula is C28H36ClN3O6. The van der Waals surface area contributed by atoms with Gasteiger partial charge in [-0.25, -0.2) is 4.79 Å². The van der Waals surface area contributed by atoms with E-state index in [0.29, 0.717) is 39.0 Å². The Labute approximate surface area is 229 Å². The fraction of sp³-hybridized carbons (Fsp3) is 0.464. The van der Waals surface area contributed by atoms with Crippen molar-refractivity contribution in [3.8, 4) is 0 Å². The Morgan fingerprint density at radius 1 is 1.03 bits per heavy atom. The van der Waals surface area contributed by atoms with Crippen LogP contribution in [0.15, 0.2) is 54.6 Å². The van der Waals surface area contributed by atoms with Crippen LogP contribution in [0.25, 0.3) is 0 Å². The summed E-state index contributed by atoms with van der Waals surface area (Å²) in [7, 11) is 0. The molecule has 1 saturated heterocycles. The summed E-state index contributed by atoms with van der Waals surface area (Å²) in [5, 5.41) is 12.3. The molecule has 1 atom stereocenters. The molecule has 0 spiro atoms. The highest BCUT2D eigenvalue weighted by atomic mass is 35.5. The average molecular weight is 546 g/mol. The van der Waals surface area contributed by atoms with Crippen LogP contribution in [0.5, 0.6) is 0 Å². The van der Waals surface area contributed by atoms with Crippen molar-refractivity contribution < 1.29 is 29.0 Å². The number of carboxylic acids is 1. The molecule has 0 aromatic heterocycles. The Kier molecular flexibility index (Phi) is 10.5. The second-order valence-electron chi connectivity index (χ2n) is 9.70. The van der Waals surface area contributed by atoms with E-state index in [-0.39, 0.29) is 50.1 Å². The van der Waals surface area contributed by atoms with Gasteiger partial charge in [-0.3, -0.25) is 14.5 Å². The zero-order valence-electron chi connectivity index (χ0n) is 21.6. The molecule has 4 rings (SSSR count). The van der Waals surface area contributed by atoms with Crippen LogP contribution >= 0.6 is 12.4 Å². The minimum atomic E-state index is -0.869. The number of fused-ring (bicyclic) bond motifs is 1. The smallest absolute Gasteiger partial charge is 0.410 e. The van der Waals surface area contributed by atoms with E-state index in [4.69, 9.17) is 9.47 Å². The Hall–Kier alpha value is -3.14. The van der Waals surface area contributed by atoms with Crippen LogP contribution in [0.2, 0.25) is 0 Å². The molecule has 2 aliphatic heterocycles. The number of hydrogen-bond acceptors (Lipinski definition) is 6. The number of aliphatic carboxylic acids is 1. The largest absolute Gasteiger partial charge is 0.481 e. The summed E-state index contributed by atoms with van der Waals surface area (Å²) >= 11 is 0. The molecule has 2 aromatic rings. The Morgan fingerprint density at radius 3 is 2.42 bits per heavy atom. The van der Waals surface area contributed by atoms with Gasteiger partial charge in [0.15, 0.2) is 0 Å². The van der Waals surface area contributed by atoms with Gasteiger partial charge in [-0.05, 0) is 42.9 Å². The molecule has 0 saturated carbocycles. The van der Waals surface area contributed by atoms with Crippen LogP contribution in [0.4, 0.5) is 4.79 Å². The highest BCUT2D eigenvalue weighted by molar-refractivity contribution is 5.85. The summed E-state index contributed by atoms with van der Waals surface area (Å²) in [5.41, 5.74) is 2.24. The molecule has 0 radical (unpaired) electrons. The number of ether oxygens (including phenoxy) is 2. The molecule has 1 fully saturated rings. The average Bonchev–Trinajstić information content (AvgIpc) is 2.91. The Balaban J connectivity index is 0.00000400. The van der Waals surface area contributed by atoms with E-state index >= 15 is 0 Å². The molecule has 2 heterocycles. The number of piperidine rings is 1. The molecule has 38 heavy (non-hydrogen) atoms. The SMILES string of the molecule is CC1(NC(=O)COC2CCN(C(=O)OCc3ccccc3)CC2)c2ccccc2CCN1CCC(=O)O.Cl. The number of benzene rings is 2. The highest BCUT2D eigenvalue weighted by Gasteiger charge is 2.40. The zero-order valence-corrected chi connectivity index (χ0v) is 22.5. The van der Waals surface area contributed by atoms with E-state index < -0.39 is 11.6 Å². The van der Waals surface area contributed by atoms with Crippen molar-refractivity contribution in [1.29, 1.82) is 0 Å². The van der Waals surface area contributed by atoms with E-state index in [9.17, 15) is 19.5 Å². The standard InChI is InChI=1S/C28H35N3O6.ClH/c1-28(24-10-6-5-9-22(24)11-17-31(28)18-14-26(33)34)29-25(32)20-36-23-12-15-30(16-13-23)27(35)37-19-21-7-3-2-4-8-21;/h2-10,23H,11-20H2,1H3,(H,29,32)(H,33,34);1H. The summed E-state index contributed by atoms with van der Waals surface area (Å²) in [4.78, 5) is 40.2. The van der Waals surface area contributed by atoms with E-state index in [1.807, 2.05) is 66.4 Å². The van der Waals surface area contributed by atoms with Gasteiger partial charge in [-0.2, -0.15) is 0 Å². The minimum absolute atomic E-state index is 0. The second kappa shape index (κ2) is 13.6. The number of nitrogens with one attached hydrogen (secondary N) is 1. The number of carbonyl (C=O) groups excluding carboxylic acids is 2. The first kappa shape index (κ1) is 29.4. The van der Waals surface area contributed by atoms with Gasteiger partial charge in [0.1, 0.15) is 18.9 Å². The maximum Gasteiger partial charge on any atom is 0.410 e. The van der Waals surface area contributed by atoms with Crippen LogP contribution in [-0.4, -0.2) is 71.8 Å². The molecule has 0 bridgehead atoms. The monoisotopic (exact) mass is 545 g/mol. The summed E-state index contributed by atoms with van der Waals surface area (Å²) in [6.07, 6.45) is 1.57. The predicted molar refractivity (Wildman–Crippen MR) is 144 cm³/mol. The quantitative estimate of drug-likeness (QED) is 0.496. The maximum absolute atomic E-state index is 13.0. The molecule has 9 nitrogen and oxygen atoms in total. The number of carboxylic acid groups (broad SMARTS) is 1. The Morgan fingerprint density at radius 2 is 1.71 bits per heavy atom. The fourth-order valence-corrected chi connectivity index (χ4v) is 5.09. The van der Waals surface area contributed by atoms with Crippen molar-refractivity contribution in [2.45, 2.75) is 51.0 Å².